The maximum atomic E-state index is 13.2. The highest BCUT2D eigenvalue weighted by Crippen LogP contribution is 2.28. The number of aryl methyl sites for hydroxylation is 1. The van der Waals surface area contributed by atoms with Gasteiger partial charge in [0.25, 0.3) is 6.43 Å². The SMILES string of the molecule is CCn1ncc(-c2cc(C(F)F)nc(N3CCCC3)n2)c1C. The van der Waals surface area contributed by atoms with Crippen LogP contribution >= 0.6 is 0 Å². The number of hydrogen-bond acceptors (Lipinski definition) is 4. The molecule has 7 heteroatoms. The average Bonchev–Trinajstić information content (AvgIpc) is 3.16. The Bertz CT molecular complexity index is 662. The molecule has 3 heterocycles. The van der Waals surface area contributed by atoms with Crippen molar-refractivity contribution in [2.45, 2.75) is 39.7 Å². The molecule has 0 saturated carbocycles. The lowest BCUT2D eigenvalue weighted by Crippen LogP contribution is -2.21. The van der Waals surface area contributed by atoms with Crippen molar-refractivity contribution in [3.63, 3.8) is 0 Å². The minimum atomic E-state index is -2.61. The van der Waals surface area contributed by atoms with Crippen LogP contribution in [-0.4, -0.2) is 32.8 Å². The van der Waals surface area contributed by atoms with Gasteiger partial charge in [0.2, 0.25) is 5.95 Å². The van der Waals surface area contributed by atoms with E-state index in [-0.39, 0.29) is 5.69 Å². The van der Waals surface area contributed by atoms with E-state index in [0.29, 0.717) is 11.6 Å². The quantitative estimate of drug-likeness (QED) is 0.870. The van der Waals surface area contributed by atoms with Crippen LogP contribution in [0, 0.1) is 6.92 Å². The molecular formula is C15H19F2N5. The largest absolute Gasteiger partial charge is 0.341 e. The summed E-state index contributed by atoms with van der Waals surface area (Å²) < 4.78 is 28.2. The molecule has 2 aromatic rings. The third kappa shape index (κ3) is 2.67. The maximum Gasteiger partial charge on any atom is 0.280 e. The molecule has 0 unspecified atom stereocenters. The Morgan fingerprint density at radius 2 is 1.95 bits per heavy atom. The second-order valence-corrected chi connectivity index (χ2v) is 5.43. The van der Waals surface area contributed by atoms with Crippen LogP contribution in [-0.2, 0) is 6.54 Å². The predicted octanol–water partition coefficient (Wildman–Crippen LogP) is 3.21. The summed E-state index contributed by atoms with van der Waals surface area (Å²) in [4.78, 5) is 10.5. The van der Waals surface area contributed by atoms with Gasteiger partial charge in [-0.2, -0.15) is 5.10 Å². The van der Waals surface area contributed by atoms with Gasteiger partial charge in [-0.15, -0.1) is 0 Å². The standard InChI is InChI=1S/C15H19F2N5/c1-3-22-10(2)11(9-18-22)12-8-13(14(16)17)20-15(19-12)21-6-4-5-7-21/h8-9,14H,3-7H2,1-2H3. The minimum absolute atomic E-state index is 0.226. The molecular weight excluding hydrogens is 288 g/mol. The number of hydrogen-bond donors (Lipinski definition) is 0. The third-order valence-corrected chi connectivity index (χ3v) is 4.03. The molecule has 0 bridgehead atoms. The van der Waals surface area contributed by atoms with Crippen LogP contribution in [0.5, 0.6) is 0 Å². The van der Waals surface area contributed by atoms with Crippen LogP contribution in [0.2, 0.25) is 0 Å². The van der Waals surface area contributed by atoms with E-state index < -0.39 is 6.43 Å². The molecule has 0 atom stereocenters. The van der Waals surface area contributed by atoms with Gasteiger partial charge in [0.15, 0.2) is 0 Å². The molecule has 0 aliphatic carbocycles. The normalized spacial score (nSPS) is 15.0. The number of aromatic nitrogens is 4. The number of halogens is 2. The van der Waals surface area contributed by atoms with Gasteiger partial charge in [0.1, 0.15) is 5.69 Å². The Kier molecular flexibility index (Phi) is 4.04. The van der Waals surface area contributed by atoms with Crippen molar-refractivity contribution in [3.8, 4) is 11.3 Å². The number of rotatable bonds is 4. The highest BCUT2D eigenvalue weighted by Gasteiger charge is 2.21. The zero-order chi connectivity index (χ0) is 15.7. The fraction of sp³-hybridized carbons (Fsp3) is 0.533. The maximum absolute atomic E-state index is 13.2. The van der Waals surface area contributed by atoms with Crippen molar-refractivity contribution in [3.05, 3.63) is 23.7 Å². The third-order valence-electron chi connectivity index (χ3n) is 4.03. The molecule has 3 rings (SSSR count). The molecule has 22 heavy (non-hydrogen) atoms. The number of nitrogens with zero attached hydrogens (tertiary/aromatic N) is 5. The van der Waals surface area contributed by atoms with E-state index in [2.05, 4.69) is 15.1 Å². The molecule has 0 N–H and O–H groups in total. The number of alkyl halides is 2. The molecule has 0 aromatic carbocycles. The molecule has 0 radical (unpaired) electrons. The average molecular weight is 307 g/mol. The van der Waals surface area contributed by atoms with E-state index in [4.69, 9.17) is 0 Å². The minimum Gasteiger partial charge on any atom is -0.341 e. The lowest BCUT2D eigenvalue weighted by Gasteiger charge is -2.17. The molecule has 1 fully saturated rings. The van der Waals surface area contributed by atoms with Crippen molar-refractivity contribution in [1.29, 1.82) is 0 Å². The van der Waals surface area contributed by atoms with Gasteiger partial charge in [-0.3, -0.25) is 4.68 Å². The van der Waals surface area contributed by atoms with E-state index in [0.717, 1.165) is 43.7 Å². The first kappa shape index (κ1) is 14.9. The second-order valence-electron chi connectivity index (χ2n) is 5.43. The molecule has 1 aliphatic heterocycles. The Balaban J connectivity index is 2.07. The van der Waals surface area contributed by atoms with Crippen LogP contribution < -0.4 is 4.90 Å². The Labute approximate surface area is 128 Å². The van der Waals surface area contributed by atoms with Gasteiger partial charge in [-0.25, -0.2) is 18.7 Å². The molecule has 0 amide bonds. The summed E-state index contributed by atoms with van der Waals surface area (Å²) in [5.41, 5.74) is 2.00. The molecule has 5 nitrogen and oxygen atoms in total. The van der Waals surface area contributed by atoms with Gasteiger partial charge in [0, 0.05) is 30.9 Å². The molecule has 118 valence electrons. The van der Waals surface area contributed by atoms with E-state index in [1.165, 1.54) is 6.07 Å². The first-order chi connectivity index (χ1) is 10.6. The summed E-state index contributed by atoms with van der Waals surface area (Å²) in [6.45, 7) is 6.28. The van der Waals surface area contributed by atoms with Crippen molar-refractivity contribution in [1.82, 2.24) is 19.7 Å². The zero-order valence-corrected chi connectivity index (χ0v) is 12.8. The summed E-state index contributed by atoms with van der Waals surface area (Å²) in [6.07, 6.45) is 1.17. The van der Waals surface area contributed by atoms with Gasteiger partial charge in [-0.05, 0) is 32.8 Å². The van der Waals surface area contributed by atoms with Crippen molar-refractivity contribution in [2.75, 3.05) is 18.0 Å². The zero-order valence-electron chi connectivity index (χ0n) is 12.8. The Morgan fingerprint density at radius 3 is 2.55 bits per heavy atom. The summed E-state index contributed by atoms with van der Waals surface area (Å²) in [5, 5.41) is 4.27. The van der Waals surface area contributed by atoms with Gasteiger partial charge in [0.05, 0.1) is 11.9 Å². The predicted molar refractivity (Wildman–Crippen MR) is 80.1 cm³/mol. The first-order valence-corrected chi connectivity index (χ1v) is 7.55. The second kappa shape index (κ2) is 5.98. The lowest BCUT2D eigenvalue weighted by molar-refractivity contribution is 0.146. The highest BCUT2D eigenvalue weighted by atomic mass is 19.3. The van der Waals surface area contributed by atoms with Crippen LogP contribution in [0.3, 0.4) is 0 Å². The highest BCUT2D eigenvalue weighted by molar-refractivity contribution is 5.63. The van der Waals surface area contributed by atoms with Gasteiger partial charge in [-0.1, -0.05) is 0 Å². The van der Waals surface area contributed by atoms with E-state index in [1.807, 2.05) is 23.4 Å². The molecule has 2 aromatic heterocycles. The van der Waals surface area contributed by atoms with Crippen molar-refractivity contribution < 1.29 is 8.78 Å². The van der Waals surface area contributed by atoms with E-state index in [9.17, 15) is 8.78 Å². The Hall–Kier alpha value is -2.05. The fourth-order valence-corrected chi connectivity index (χ4v) is 2.78. The Morgan fingerprint density at radius 1 is 1.23 bits per heavy atom. The molecule has 1 saturated heterocycles. The lowest BCUT2D eigenvalue weighted by atomic mass is 10.1. The summed E-state index contributed by atoms with van der Waals surface area (Å²) in [5.74, 6) is 0.397. The van der Waals surface area contributed by atoms with Crippen molar-refractivity contribution in [2.24, 2.45) is 0 Å². The van der Waals surface area contributed by atoms with Gasteiger partial charge < -0.3 is 4.90 Å². The van der Waals surface area contributed by atoms with Gasteiger partial charge >= 0.3 is 0 Å². The fourth-order valence-electron chi connectivity index (χ4n) is 2.78. The molecule has 0 spiro atoms. The summed E-state index contributed by atoms with van der Waals surface area (Å²) in [7, 11) is 0. The van der Waals surface area contributed by atoms with Crippen LogP contribution in [0.4, 0.5) is 14.7 Å². The summed E-state index contributed by atoms with van der Waals surface area (Å²) in [6, 6.07) is 1.37. The molecule has 1 aliphatic rings. The van der Waals surface area contributed by atoms with Crippen LogP contribution in [0.1, 0.15) is 37.6 Å². The van der Waals surface area contributed by atoms with E-state index >= 15 is 0 Å². The first-order valence-electron chi connectivity index (χ1n) is 7.55. The van der Waals surface area contributed by atoms with Crippen molar-refractivity contribution >= 4 is 5.95 Å². The topological polar surface area (TPSA) is 46.8 Å². The summed E-state index contributed by atoms with van der Waals surface area (Å²) >= 11 is 0. The smallest absolute Gasteiger partial charge is 0.280 e. The van der Waals surface area contributed by atoms with Crippen LogP contribution in [0.15, 0.2) is 12.3 Å². The number of anilines is 1. The van der Waals surface area contributed by atoms with Crippen LogP contribution in [0.25, 0.3) is 11.3 Å². The van der Waals surface area contributed by atoms with E-state index in [1.54, 1.807) is 6.20 Å². The monoisotopic (exact) mass is 307 g/mol.